The number of guanidine groups is 1. The summed E-state index contributed by atoms with van der Waals surface area (Å²) in [4.78, 5) is 11.6. The minimum atomic E-state index is 0.424. The van der Waals surface area contributed by atoms with E-state index in [1.54, 1.807) is 0 Å². The second-order valence-electron chi connectivity index (χ2n) is 7.78. The van der Waals surface area contributed by atoms with Crippen molar-refractivity contribution in [1.29, 1.82) is 0 Å². The number of hydrogen-bond acceptors (Lipinski definition) is 4. The number of aliphatic imine (C=N–C) groups is 1. The first-order valence-electron chi connectivity index (χ1n) is 10.8. The third-order valence-corrected chi connectivity index (χ3v) is 6.80. The van der Waals surface area contributed by atoms with Gasteiger partial charge in [0.25, 0.3) is 0 Å². The third kappa shape index (κ3) is 6.19. The van der Waals surface area contributed by atoms with Crippen LogP contribution in [0.1, 0.15) is 50.4 Å². The lowest BCUT2D eigenvalue weighted by Gasteiger charge is -2.32. The second kappa shape index (κ2) is 11.0. The molecule has 1 aromatic rings. The summed E-state index contributed by atoms with van der Waals surface area (Å²) in [5.74, 6) is 1.71. The Kier molecular flexibility index (Phi) is 8.42. The van der Waals surface area contributed by atoms with Gasteiger partial charge in [0, 0.05) is 24.5 Å². The van der Waals surface area contributed by atoms with E-state index in [0.717, 1.165) is 31.5 Å². The SMILES string of the molecule is CCNC(=NCC(c1cccs1)N1CCCC1)NCC1CCCN(CC)C1. The van der Waals surface area contributed by atoms with Crippen LogP contribution >= 0.6 is 11.3 Å². The van der Waals surface area contributed by atoms with Crippen molar-refractivity contribution in [3.63, 3.8) is 0 Å². The Morgan fingerprint density at radius 3 is 2.78 bits per heavy atom. The van der Waals surface area contributed by atoms with Crippen molar-refractivity contribution < 1.29 is 0 Å². The van der Waals surface area contributed by atoms with Crippen molar-refractivity contribution in [3.05, 3.63) is 22.4 Å². The first kappa shape index (κ1) is 20.6. The molecular weight excluding hydrogens is 354 g/mol. The Labute approximate surface area is 169 Å². The van der Waals surface area contributed by atoms with Gasteiger partial charge in [-0.3, -0.25) is 9.89 Å². The molecule has 152 valence electrons. The van der Waals surface area contributed by atoms with Crippen LogP contribution in [-0.2, 0) is 0 Å². The highest BCUT2D eigenvalue weighted by Crippen LogP contribution is 2.28. The third-order valence-electron chi connectivity index (χ3n) is 5.83. The van der Waals surface area contributed by atoms with Crippen molar-refractivity contribution in [1.82, 2.24) is 20.4 Å². The summed E-state index contributed by atoms with van der Waals surface area (Å²) in [7, 11) is 0. The van der Waals surface area contributed by atoms with E-state index in [1.807, 2.05) is 11.3 Å². The van der Waals surface area contributed by atoms with Crippen LogP contribution in [0.25, 0.3) is 0 Å². The van der Waals surface area contributed by atoms with Gasteiger partial charge in [0.05, 0.1) is 12.6 Å². The highest BCUT2D eigenvalue weighted by molar-refractivity contribution is 7.10. The average molecular weight is 392 g/mol. The Bertz CT molecular complexity index is 553. The molecule has 2 atom stereocenters. The van der Waals surface area contributed by atoms with Gasteiger partial charge >= 0.3 is 0 Å². The zero-order valence-electron chi connectivity index (χ0n) is 17.1. The largest absolute Gasteiger partial charge is 0.357 e. The molecule has 2 aliphatic rings. The molecule has 2 aliphatic heterocycles. The number of piperidine rings is 1. The Morgan fingerprint density at radius 2 is 2.07 bits per heavy atom. The molecule has 0 radical (unpaired) electrons. The number of nitrogens with one attached hydrogen (secondary N) is 2. The summed E-state index contributed by atoms with van der Waals surface area (Å²) in [6.07, 6.45) is 5.29. The highest BCUT2D eigenvalue weighted by Gasteiger charge is 2.24. The molecule has 0 aromatic carbocycles. The minimum Gasteiger partial charge on any atom is -0.357 e. The molecule has 0 saturated carbocycles. The molecule has 2 saturated heterocycles. The molecule has 0 bridgehead atoms. The summed E-state index contributed by atoms with van der Waals surface area (Å²) in [5.41, 5.74) is 0. The molecule has 2 N–H and O–H groups in total. The van der Waals surface area contributed by atoms with Crippen LogP contribution in [0.15, 0.2) is 22.5 Å². The van der Waals surface area contributed by atoms with Crippen LogP contribution in [0.3, 0.4) is 0 Å². The quantitative estimate of drug-likeness (QED) is 0.528. The second-order valence-corrected chi connectivity index (χ2v) is 8.76. The van der Waals surface area contributed by atoms with Gasteiger partial charge in [-0.2, -0.15) is 0 Å². The lowest BCUT2D eigenvalue weighted by molar-refractivity contribution is 0.183. The van der Waals surface area contributed by atoms with Crippen LogP contribution in [0, 0.1) is 5.92 Å². The lowest BCUT2D eigenvalue weighted by atomic mass is 9.98. The summed E-state index contributed by atoms with van der Waals surface area (Å²) >= 11 is 1.86. The summed E-state index contributed by atoms with van der Waals surface area (Å²) in [5, 5.41) is 9.26. The smallest absolute Gasteiger partial charge is 0.191 e. The molecular formula is C21H37N5S. The van der Waals surface area contributed by atoms with Gasteiger partial charge < -0.3 is 15.5 Å². The van der Waals surface area contributed by atoms with E-state index in [0.29, 0.717) is 6.04 Å². The standard InChI is InChI=1S/C21H37N5S/c1-3-22-21(23-15-18-9-7-11-25(4-2)17-18)24-16-19(20-10-8-14-27-20)26-12-5-6-13-26/h8,10,14,18-19H,3-7,9,11-13,15-17H2,1-2H3,(H2,22,23,24). The normalized spacial score (nSPS) is 23.5. The number of likely N-dealkylation sites (tertiary alicyclic amines) is 2. The van der Waals surface area contributed by atoms with Crippen LogP contribution < -0.4 is 10.6 Å². The molecule has 0 amide bonds. The van der Waals surface area contributed by atoms with Crippen molar-refractivity contribution in [2.75, 3.05) is 52.4 Å². The predicted octanol–water partition coefficient (Wildman–Crippen LogP) is 3.17. The monoisotopic (exact) mass is 391 g/mol. The van der Waals surface area contributed by atoms with E-state index in [9.17, 15) is 0 Å². The minimum absolute atomic E-state index is 0.424. The lowest BCUT2D eigenvalue weighted by Crippen LogP contribution is -2.44. The van der Waals surface area contributed by atoms with E-state index < -0.39 is 0 Å². The zero-order valence-corrected chi connectivity index (χ0v) is 17.9. The number of nitrogens with zero attached hydrogens (tertiary/aromatic N) is 3. The predicted molar refractivity (Wildman–Crippen MR) is 117 cm³/mol. The van der Waals surface area contributed by atoms with Crippen molar-refractivity contribution >= 4 is 17.3 Å². The fourth-order valence-corrected chi connectivity index (χ4v) is 5.14. The highest BCUT2D eigenvalue weighted by atomic mass is 32.1. The topological polar surface area (TPSA) is 42.9 Å². The van der Waals surface area contributed by atoms with Crippen molar-refractivity contribution in [3.8, 4) is 0 Å². The molecule has 6 heteroatoms. The van der Waals surface area contributed by atoms with E-state index in [1.165, 1.54) is 63.3 Å². The molecule has 2 fully saturated rings. The van der Waals surface area contributed by atoms with Gasteiger partial charge in [-0.1, -0.05) is 13.0 Å². The average Bonchev–Trinajstić information content (AvgIpc) is 3.41. The maximum Gasteiger partial charge on any atom is 0.191 e. The van der Waals surface area contributed by atoms with Gasteiger partial charge in [0.1, 0.15) is 0 Å². The Balaban J connectivity index is 1.58. The molecule has 3 rings (SSSR count). The van der Waals surface area contributed by atoms with Gasteiger partial charge in [0.15, 0.2) is 5.96 Å². The maximum atomic E-state index is 4.98. The van der Waals surface area contributed by atoms with Crippen molar-refractivity contribution in [2.24, 2.45) is 10.9 Å². The molecule has 2 unspecified atom stereocenters. The number of rotatable bonds is 8. The van der Waals surface area contributed by atoms with Crippen LogP contribution in [-0.4, -0.2) is 68.1 Å². The van der Waals surface area contributed by atoms with E-state index in [-0.39, 0.29) is 0 Å². The number of thiophene rings is 1. The van der Waals surface area contributed by atoms with Crippen LogP contribution in [0.5, 0.6) is 0 Å². The maximum absolute atomic E-state index is 4.98. The fourth-order valence-electron chi connectivity index (χ4n) is 4.29. The molecule has 3 heterocycles. The fraction of sp³-hybridized carbons (Fsp3) is 0.762. The van der Waals surface area contributed by atoms with Crippen LogP contribution in [0.2, 0.25) is 0 Å². The molecule has 0 spiro atoms. The summed E-state index contributed by atoms with van der Waals surface area (Å²) < 4.78 is 0. The first-order chi connectivity index (χ1) is 13.3. The molecule has 1 aromatic heterocycles. The van der Waals surface area contributed by atoms with E-state index in [2.05, 4.69) is 51.8 Å². The summed E-state index contributed by atoms with van der Waals surface area (Å²) in [6.45, 7) is 13.2. The Morgan fingerprint density at radius 1 is 1.22 bits per heavy atom. The Hall–Kier alpha value is -1.11. The first-order valence-corrected chi connectivity index (χ1v) is 11.7. The summed E-state index contributed by atoms with van der Waals surface area (Å²) in [6, 6.07) is 4.86. The molecule has 5 nitrogen and oxygen atoms in total. The van der Waals surface area contributed by atoms with Gasteiger partial charge in [-0.15, -0.1) is 11.3 Å². The molecule has 27 heavy (non-hydrogen) atoms. The number of hydrogen-bond donors (Lipinski definition) is 2. The van der Waals surface area contributed by atoms with Gasteiger partial charge in [-0.05, 0) is 76.2 Å². The molecule has 0 aliphatic carbocycles. The van der Waals surface area contributed by atoms with Gasteiger partial charge in [-0.25, -0.2) is 0 Å². The van der Waals surface area contributed by atoms with E-state index >= 15 is 0 Å². The zero-order chi connectivity index (χ0) is 18.9. The van der Waals surface area contributed by atoms with Crippen molar-refractivity contribution in [2.45, 2.75) is 45.6 Å². The van der Waals surface area contributed by atoms with Gasteiger partial charge in [0.2, 0.25) is 0 Å². The van der Waals surface area contributed by atoms with Crippen LogP contribution in [0.4, 0.5) is 0 Å². The van der Waals surface area contributed by atoms with E-state index in [4.69, 9.17) is 4.99 Å².